The largest absolute Gasteiger partial charge is 0.493 e. The van der Waals surface area contributed by atoms with Gasteiger partial charge in [0.1, 0.15) is 5.75 Å². The fourth-order valence-electron chi connectivity index (χ4n) is 2.72. The molecule has 2 nitrogen and oxygen atoms in total. The molecule has 1 saturated heterocycles. The van der Waals surface area contributed by atoms with Crippen molar-refractivity contribution in [2.75, 3.05) is 13.2 Å². The molecule has 0 aromatic heterocycles. The monoisotopic (exact) mass is 374 g/mol. The predicted octanol–water partition coefficient (Wildman–Crippen LogP) is 4.39. The second-order valence-corrected chi connectivity index (χ2v) is 6.94. The van der Waals surface area contributed by atoms with Crippen molar-refractivity contribution in [1.29, 1.82) is 0 Å². The summed E-state index contributed by atoms with van der Waals surface area (Å²) >= 11 is 7.39. The number of halogens is 2. The van der Waals surface area contributed by atoms with Gasteiger partial charge in [-0.1, -0.05) is 31.9 Å². The Morgan fingerprint density at radius 1 is 1.33 bits per heavy atom. The highest BCUT2D eigenvalue weighted by Crippen LogP contribution is 2.42. The van der Waals surface area contributed by atoms with Crippen LogP contribution in [0.5, 0.6) is 5.75 Å². The van der Waals surface area contributed by atoms with Gasteiger partial charge >= 0.3 is 0 Å². The lowest BCUT2D eigenvalue weighted by molar-refractivity contribution is 0.104. The van der Waals surface area contributed by atoms with Crippen molar-refractivity contribution in [3.63, 3.8) is 0 Å². The van der Waals surface area contributed by atoms with Crippen LogP contribution in [0.4, 0.5) is 0 Å². The first-order valence-electron chi connectivity index (χ1n) is 6.45. The highest BCUT2D eigenvalue weighted by atomic mass is 79.9. The quantitative estimate of drug-likeness (QED) is 0.729. The SMILES string of the molecule is Brc1cc2c(c(C(Br)CC3CCCO3)c1)OCC2. The van der Waals surface area contributed by atoms with Gasteiger partial charge in [0.25, 0.3) is 0 Å². The van der Waals surface area contributed by atoms with Crippen LogP contribution in [-0.4, -0.2) is 19.3 Å². The minimum atomic E-state index is 0.310. The number of alkyl halides is 1. The van der Waals surface area contributed by atoms with Gasteiger partial charge in [0.15, 0.2) is 0 Å². The van der Waals surface area contributed by atoms with Crippen LogP contribution in [0.2, 0.25) is 0 Å². The van der Waals surface area contributed by atoms with Gasteiger partial charge in [-0.05, 0) is 37.0 Å². The molecule has 98 valence electrons. The minimum absolute atomic E-state index is 0.310. The summed E-state index contributed by atoms with van der Waals surface area (Å²) in [5.74, 6) is 1.08. The van der Waals surface area contributed by atoms with Crippen LogP contribution in [0.25, 0.3) is 0 Å². The van der Waals surface area contributed by atoms with E-state index in [1.807, 2.05) is 0 Å². The molecule has 2 atom stereocenters. The molecular weight excluding hydrogens is 360 g/mol. The van der Waals surface area contributed by atoms with Gasteiger partial charge in [-0.2, -0.15) is 0 Å². The van der Waals surface area contributed by atoms with Crippen molar-refractivity contribution in [3.05, 3.63) is 27.7 Å². The number of hydrogen-bond acceptors (Lipinski definition) is 2. The predicted molar refractivity (Wildman–Crippen MR) is 78.6 cm³/mol. The van der Waals surface area contributed by atoms with E-state index in [0.717, 1.165) is 36.3 Å². The molecular formula is C14H16Br2O2. The summed E-state index contributed by atoms with van der Waals surface area (Å²) < 4.78 is 12.6. The van der Waals surface area contributed by atoms with Crippen LogP contribution < -0.4 is 4.74 Å². The minimum Gasteiger partial charge on any atom is -0.493 e. The van der Waals surface area contributed by atoms with Crippen molar-refractivity contribution in [1.82, 2.24) is 0 Å². The molecule has 18 heavy (non-hydrogen) atoms. The van der Waals surface area contributed by atoms with Gasteiger partial charge in [0.05, 0.1) is 12.7 Å². The summed E-state index contributed by atoms with van der Waals surface area (Å²) in [5.41, 5.74) is 2.57. The second-order valence-electron chi connectivity index (χ2n) is 4.92. The zero-order valence-corrected chi connectivity index (χ0v) is 13.3. The first-order chi connectivity index (χ1) is 8.74. The summed E-state index contributed by atoms with van der Waals surface area (Å²) in [6.07, 6.45) is 4.80. The Bertz CT molecular complexity index is 442. The van der Waals surface area contributed by atoms with Gasteiger partial charge in [-0.25, -0.2) is 0 Å². The fourth-order valence-corrected chi connectivity index (χ4v) is 4.00. The molecule has 1 aromatic rings. The standard InChI is InChI=1S/C14H16Br2O2/c15-10-6-9-3-5-18-14(9)12(7-10)13(16)8-11-2-1-4-17-11/h6-7,11,13H,1-5,8H2. The maximum atomic E-state index is 5.78. The second kappa shape index (κ2) is 5.51. The van der Waals surface area contributed by atoms with Crippen LogP contribution >= 0.6 is 31.9 Å². The average molecular weight is 376 g/mol. The fraction of sp³-hybridized carbons (Fsp3) is 0.571. The Labute approximate surface area is 124 Å². The maximum Gasteiger partial charge on any atom is 0.127 e. The molecule has 0 radical (unpaired) electrons. The summed E-state index contributed by atoms with van der Waals surface area (Å²) in [4.78, 5) is 0.310. The van der Waals surface area contributed by atoms with E-state index in [9.17, 15) is 0 Å². The van der Waals surface area contributed by atoms with Gasteiger partial charge in [-0.15, -0.1) is 0 Å². The van der Waals surface area contributed by atoms with Crippen molar-refractivity contribution >= 4 is 31.9 Å². The Balaban J connectivity index is 1.82. The van der Waals surface area contributed by atoms with E-state index >= 15 is 0 Å². The molecule has 2 aliphatic heterocycles. The van der Waals surface area contributed by atoms with Crippen molar-refractivity contribution in [2.45, 2.75) is 36.6 Å². The zero-order chi connectivity index (χ0) is 12.5. The normalized spacial score (nSPS) is 23.8. The summed E-state index contributed by atoms with van der Waals surface area (Å²) in [5, 5.41) is 0. The highest BCUT2D eigenvalue weighted by molar-refractivity contribution is 9.10. The molecule has 4 heteroatoms. The van der Waals surface area contributed by atoms with E-state index in [0.29, 0.717) is 10.9 Å². The number of hydrogen-bond donors (Lipinski definition) is 0. The Morgan fingerprint density at radius 2 is 2.22 bits per heavy atom. The lowest BCUT2D eigenvalue weighted by atomic mass is 10.0. The van der Waals surface area contributed by atoms with Crippen LogP contribution in [0.15, 0.2) is 16.6 Å². The molecule has 0 saturated carbocycles. The molecule has 0 N–H and O–H groups in total. The van der Waals surface area contributed by atoms with E-state index in [2.05, 4.69) is 44.0 Å². The Kier molecular flexibility index (Phi) is 3.97. The molecule has 0 aliphatic carbocycles. The molecule has 1 fully saturated rings. The van der Waals surface area contributed by atoms with E-state index < -0.39 is 0 Å². The summed E-state index contributed by atoms with van der Waals surface area (Å²) in [7, 11) is 0. The van der Waals surface area contributed by atoms with Crippen LogP contribution in [0.1, 0.15) is 35.2 Å². The smallest absolute Gasteiger partial charge is 0.127 e. The molecule has 1 aromatic carbocycles. The van der Waals surface area contributed by atoms with Gasteiger partial charge in [0.2, 0.25) is 0 Å². The van der Waals surface area contributed by atoms with E-state index in [4.69, 9.17) is 9.47 Å². The van der Waals surface area contributed by atoms with Gasteiger partial charge < -0.3 is 9.47 Å². The molecule has 0 spiro atoms. The molecule has 0 bridgehead atoms. The van der Waals surface area contributed by atoms with E-state index in [1.165, 1.54) is 24.0 Å². The maximum absolute atomic E-state index is 5.78. The Morgan fingerprint density at radius 3 is 3.00 bits per heavy atom. The summed E-state index contributed by atoms with van der Waals surface area (Å²) in [6.45, 7) is 1.72. The Hall–Kier alpha value is -0.0600. The van der Waals surface area contributed by atoms with E-state index in [1.54, 1.807) is 0 Å². The first-order valence-corrected chi connectivity index (χ1v) is 8.15. The van der Waals surface area contributed by atoms with Crippen LogP contribution in [0, 0.1) is 0 Å². The van der Waals surface area contributed by atoms with Gasteiger partial charge in [-0.3, -0.25) is 0 Å². The topological polar surface area (TPSA) is 18.5 Å². The number of benzene rings is 1. The van der Waals surface area contributed by atoms with Crippen molar-refractivity contribution in [3.8, 4) is 5.75 Å². The lowest BCUT2D eigenvalue weighted by Gasteiger charge is -2.18. The number of fused-ring (bicyclic) bond motifs is 1. The highest BCUT2D eigenvalue weighted by Gasteiger charge is 2.25. The van der Waals surface area contributed by atoms with Crippen molar-refractivity contribution in [2.24, 2.45) is 0 Å². The lowest BCUT2D eigenvalue weighted by Crippen LogP contribution is -2.08. The molecule has 2 unspecified atom stereocenters. The van der Waals surface area contributed by atoms with E-state index in [-0.39, 0.29) is 0 Å². The third-order valence-electron chi connectivity index (χ3n) is 3.61. The third-order valence-corrected chi connectivity index (χ3v) is 4.93. The molecule has 2 heterocycles. The first kappa shape index (κ1) is 12.9. The third kappa shape index (κ3) is 2.61. The summed E-state index contributed by atoms with van der Waals surface area (Å²) in [6, 6.07) is 4.33. The molecule has 0 amide bonds. The number of rotatable bonds is 3. The van der Waals surface area contributed by atoms with Crippen LogP contribution in [0.3, 0.4) is 0 Å². The zero-order valence-electron chi connectivity index (χ0n) is 10.1. The molecule has 3 rings (SSSR count). The number of ether oxygens (including phenoxy) is 2. The van der Waals surface area contributed by atoms with Crippen LogP contribution in [-0.2, 0) is 11.2 Å². The molecule has 2 aliphatic rings. The average Bonchev–Trinajstić information content (AvgIpc) is 2.97. The van der Waals surface area contributed by atoms with Crippen molar-refractivity contribution < 1.29 is 9.47 Å². The van der Waals surface area contributed by atoms with Gasteiger partial charge in [0, 0.05) is 27.9 Å².